The fourth-order valence-corrected chi connectivity index (χ4v) is 3.05. The molecule has 6 heteroatoms. The predicted octanol–water partition coefficient (Wildman–Crippen LogP) is 3.60. The van der Waals surface area contributed by atoms with Crippen molar-refractivity contribution in [3.63, 3.8) is 0 Å². The molecule has 1 aliphatic rings. The van der Waals surface area contributed by atoms with Crippen LogP contribution in [-0.2, 0) is 9.59 Å². The molecule has 0 unspecified atom stereocenters. The van der Waals surface area contributed by atoms with Crippen LogP contribution in [0.3, 0.4) is 0 Å². The van der Waals surface area contributed by atoms with Gasteiger partial charge in [0.05, 0.1) is 24.4 Å². The summed E-state index contributed by atoms with van der Waals surface area (Å²) in [6.45, 7) is 3.57. The number of carbonyl (C=O) groups is 3. The van der Waals surface area contributed by atoms with Crippen molar-refractivity contribution in [3.8, 4) is 5.75 Å². The molecule has 0 heterocycles. The average Bonchev–Trinajstić information content (AvgIpc) is 3.00. The zero-order valence-electron chi connectivity index (χ0n) is 15.5. The molecule has 2 aromatic carbocycles. The molecule has 1 atom stereocenters. The van der Waals surface area contributed by atoms with Gasteiger partial charge < -0.3 is 15.4 Å². The molecule has 0 radical (unpaired) electrons. The molecule has 0 aromatic heterocycles. The van der Waals surface area contributed by atoms with Gasteiger partial charge in [0.2, 0.25) is 11.8 Å². The van der Waals surface area contributed by atoms with Gasteiger partial charge in [-0.25, -0.2) is 0 Å². The highest BCUT2D eigenvalue weighted by Crippen LogP contribution is 2.35. The van der Waals surface area contributed by atoms with E-state index in [9.17, 15) is 14.4 Å². The number of carbonyl (C=O) groups excluding carboxylic acids is 3. The van der Waals surface area contributed by atoms with Crippen molar-refractivity contribution in [3.05, 3.63) is 53.6 Å². The minimum Gasteiger partial charge on any atom is -0.497 e. The summed E-state index contributed by atoms with van der Waals surface area (Å²) in [5.74, 6) is -0.663. The fraction of sp³-hybridized carbons (Fsp3) is 0.286. The SMILES string of the molecule is COc1ccc(NC(=O)[C@@H]2CC(=O)c3ccccc32)c(NC(=O)C(C)C)c1. The minimum absolute atomic E-state index is 0.0335. The van der Waals surface area contributed by atoms with Crippen LogP contribution in [0.5, 0.6) is 5.75 Å². The summed E-state index contributed by atoms with van der Waals surface area (Å²) < 4.78 is 5.21. The van der Waals surface area contributed by atoms with Crippen LogP contribution in [0.2, 0.25) is 0 Å². The standard InChI is InChI=1S/C21H22N2O4/c1-12(2)20(25)23-18-10-13(27-3)8-9-17(18)22-21(26)16-11-19(24)15-7-5-4-6-14(15)16/h4-10,12,16H,11H2,1-3H3,(H,22,26)(H,23,25)/t16-/m1/s1. The number of benzene rings is 2. The van der Waals surface area contributed by atoms with Crippen LogP contribution in [0.25, 0.3) is 0 Å². The number of nitrogens with one attached hydrogen (secondary N) is 2. The number of anilines is 2. The Labute approximate surface area is 157 Å². The Morgan fingerprint density at radius 2 is 1.81 bits per heavy atom. The van der Waals surface area contributed by atoms with E-state index < -0.39 is 5.92 Å². The highest BCUT2D eigenvalue weighted by molar-refractivity contribution is 6.10. The van der Waals surface area contributed by atoms with Gasteiger partial charge >= 0.3 is 0 Å². The summed E-state index contributed by atoms with van der Waals surface area (Å²) in [5.41, 5.74) is 2.26. The van der Waals surface area contributed by atoms with Crippen LogP contribution in [0.1, 0.15) is 42.1 Å². The summed E-state index contributed by atoms with van der Waals surface area (Å²) >= 11 is 0. The molecule has 1 aliphatic carbocycles. The number of ether oxygens (including phenoxy) is 1. The highest BCUT2D eigenvalue weighted by atomic mass is 16.5. The van der Waals surface area contributed by atoms with Crippen LogP contribution >= 0.6 is 0 Å². The van der Waals surface area contributed by atoms with Gasteiger partial charge in [-0.15, -0.1) is 0 Å². The molecule has 3 rings (SSSR count). The van der Waals surface area contributed by atoms with Crippen LogP contribution in [0.15, 0.2) is 42.5 Å². The summed E-state index contributed by atoms with van der Waals surface area (Å²) in [6.07, 6.45) is 0.148. The first-order valence-electron chi connectivity index (χ1n) is 8.82. The lowest BCUT2D eigenvalue weighted by Gasteiger charge is -2.17. The van der Waals surface area contributed by atoms with E-state index in [1.54, 1.807) is 50.2 Å². The van der Waals surface area contributed by atoms with E-state index in [1.165, 1.54) is 7.11 Å². The van der Waals surface area contributed by atoms with Crippen LogP contribution in [0, 0.1) is 5.92 Å². The zero-order chi connectivity index (χ0) is 19.6. The van der Waals surface area contributed by atoms with Gasteiger partial charge in [-0.3, -0.25) is 14.4 Å². The van der Waals surface area contributed by atoms with Crippen molar-refractivity contribution in [1.29, 1.82) is 0 Å². The molecule has 2 aromatic rings. The molecule has 0 saturated heterocycles. The summed E-state index contributed by atoms with van der Waals surface area (Å²) in [5, 5.41) is 5.66. The van der Waals surface area contributed by atoms with E-state index in [-0.39, 0.29) is 29.9 Å². The fourth-order valence-electron chi connectivity index (χ4n) is 3.05. The number of ketones is 1. The first-order chi connectivity index (χ1) is 12.9. The van der Waals surface area contributed by atoms with E-state index >= 15 is 0 Å². The Morgan fingerprint density at radius 3 is 2.52 bits per heavy atom. The molecule has 0 fully saturated rings. The van der Waals surface area contributed by atoms with E-state index in [2.05, 4.69) is 10.6 Å². The molecule has 0 bridgehead atoms. The molecular formula is C21H22N2O4. The molecule has 0 spiro atoms. The smallest absolute Gasteiger partial charge is 0.232 e. The second-order valence-electron chi connectivity index (χ2n) is 6.81. The van der Waals surface area contributed by atoms with E-state index in [4.69, 9.17) is 4.74 Å². The van der Waals surface area contributed by atoms with Gasteiger partial charge in [0, 0.05) is 24.0 Å². The molecule has 6 nitrogen and oxygen atoms in total. The Morgan fingerprint density at radius 1 is 1.07 bits per heavy atom. The van der Waals surface area contributed by atoms with Crippen molar-refractivity contribution in [1.82, 2.24) is 0 Å². The van der Waals surface area contributed by atoms with E-state index in [0.29, 0.717) is 22.7 Å². The lowest BCUT2D eigenvalue weighted by molar-refractivity contribution is -0.119. The molecule has 27 heavy (non-hydrogen) atoms. The normalized spacial score (nSPS) is 15.4. The summed E-state index contributed by atoms with van der Waals surface area (Å²) in [4.78, 5) is 37.1. The highest BCUT2D eigenvalue weighted by Gasteiger charge is 2.34. The maximum Gasteiger partial charge on any atom is 0.232 e. The second kappa shape index (κ2) is 7.61. The summed E-state index contributed by atoms with van der Waals surface area (Å²) in [7, 11) is 1.53. The maximum atomic E-state index is 12.8. The van der Waals surface area contributed by atoms with Crippen molar-refractivity contribution >= 4 is 29.0 Å². The number of hydrogen-bond acceptors (Lipinski definition) is 4. The Kier molecular flexibility index (Phi) is 5.26. The monoisotopic (exact) mass is 366 g/mol. The van der Waals surface area contributed by atoms with Crippen LogP contribution < -0.4 is 15.4 Å². The number of rotatable bonds is 5. The quantitative estimate of drug-likeness (QED) is 0.847. The minimum atomic E-state index is -0.538. The van der Waals surface area contributed by atoms with Crippen molar-refractivity contribution in [2.75, 3.05) is 17.7 Å². The number of methoxy groups -OCH3 is 1. The zero-order valence-corrected chi connectivity index (χ0v) is 15.5. The van der Waals surface area contributed by atoms with Crippen LogP contribution in [-0.4, -0.2) is 24.7 Å². The Balaban J connectivity index is 1.86. The molecule has 2 amide bonds. The van der Waals surface area contributed by atoms with Gasteiger partial charge in [0.1, 0.15) is 5.75 Å². The largest absolute Gasteiger partial charge is 0.497 e. The topological polar surface area (TPSA) is 84.5 Å². The maximum absolute atomic E-state index is 12.8. The third-order valence-corrected chi connectivity index (χ3v) is 4.61. The number of fused-ring (bicyclic) bond motifs is 1. The number of hydrogen-bond donors (Lipinski definition) is 2. The van der Waals surface area contributed by atoms with Crippen molar-refractivity contribution < 1.29 is 19.1 Å². The first-order valence-corrected chi connectivity index (χ1v) is 8.82. The second-order valence-corrected chi connectivity index (χ2v) is 6.81. The number of Topliss-reactive ketones (excluding diaryl/α,β-unsaturated/α-hetero) is 1. The van der Waals surface area contributed by atoms with Gasteiger partial charge in [-0.05, 0) is 17.7 Å². The van der Waals surface area contributed by atoms with Gasteiger partial charge in [-0.1, -0.05) is 38.1 Å². The van der Waals surface area contributed by atoms with Gasteiger partial charge in [0.25, 0.3) is 0 Å². The van der Waals surface area contributed by atoms with Crippen molar-refractivity contribution in [2.24, 2.45) is 5.92 Å². The third-order valence-electron chi connectivity index (χ3n) is 4.61. The van der Waals surface area contributed by atoms with Gasteiger partial charge in [0.15, 0.2) is 5.78 Å². The van der Waals surface area contributed by atoms with Crippen molar-refractivity contribution in [2.45, 2.75) is 26.2 Å². The lowest BCUT2D eigenvalue weighted by atomic mass is 10.0. The predicted molar refractivity (Wildman–Crippen MR) is 103 cm³/mol. The van der Waals surface area contributed by atoms with Gasteiger partial charge in [-0.2, -0.15) is 0 Å². The Bertz CT molecular complexity index is 905. The molecular weight excluding hydrogens is 344 g/mol. The van der Waals surface area contributed by atoms with Crippen LogP contribution in [0.4, 0.5) is 11.4 Å². The molecule has 140 valence electrons. The summed E-state index contributed by atoms with van der Waals surface area (Å²) in [6, 6.07) is 12.2. The number of amides is 2. The lowest BCUT2D eigenvalue weighted by Crippen LogP contribution is -2.22. The third kappa shape index (κ3) is 3.84. The molecule has 0 aliphatic heterocycles. The average molecular weight is 366 g/mol. The molecule has 2 N–H and O–H groups in total. The van der Waals surface area contributed by atoms with E-state index in [0.717, 1.165) is 5.56 Å². The molecule has 0 saturated carbocycles. The Hall–Kier alpha value is -3.15. The van der Waals surface area contributed by atoms with E-state index in [1.807, 2.05) is 6.07 Å². The first kappa shape index (κ1) is 18.6.